The molecule has 0 aliphatic heterocycles. The third kappa shape index (κ3) is 3.78. The number of aryl methyl sites for hydroxylation is 2. The van der Waals surface area contributed by atoms with Gasteiger partial charge < -0.3 is 14.3 Å². The van der Waals surface area contributed by atoms with Gasteiger partial charge in [-0.3, -0.25) is 14.5 Å². The van der Waals surface area contributed by atoms with Crippen LogP contribution in [-0.2, 0) is 6.54 Å². The molecule has 0 spiro atoms. The van der Waals surface area contributed by atoms with Crippen LogP contribution in [-0.4, -0.2) is 41.0 Å². The maximum absolute atomic E-state index is 12.8. The molecule has 3 rings (SSSR count). The SMILES string of the molecule is CCn1cc(C(=O)NC[C@H](c2ccco2)N(C)C)c(=O)c2ccc(C)nc21. The topological polar surface area (TPSA) is 80.4 Å². The molecule has 1 N–H and O–H groups in total. The molecule has 7 heteroatoms. The van der Waals surface area contributed by atoms with Gasteiger partial charge in [-0.15, -0.1) is 0 Å². The van der Waals surface area contributed by atoms with Crippen LogP contribution in [0.4, 0.5) is 0 Å². The third-order valence-electron chi connectivity index (χ3n) is 4.60. The molecule has 0 aromatic carbocycles. The summed E-state index contributed by atoms with van der Waals surface area (Å²) in [7, 11) is 3.82. The molecule has 3 heterocycles. The minimum absolute atomic E-state index is 0.118. The normalized spacial score (nSPS) is 12.5. The lowest BCUT2D eigenvalue weighted by Crippen LogP contribution is -2.36. The summed E-state index contributed by atoms with van der Waals surface area (Å²) in [6.07, 6.45) is 3.19. The van der Waals surface area contributed by atoms with E-state index in [9.17, 15) is 9.59 Å². The molecule has 0 bridgehead atoms. The fourth-order valence-electron chi connectivity index (χ4n) is 3.07. The van der Waals surface area contributed by atoms with E-state index < -0.39 is 5.91 Å². The van der Waals surface area contributed by atoms with Crippen molar-refractivity contribution in [3.8, 4) is 0 Å². The molecule has 3 aromatic heterocycles. The number of rotatable bonds is 6. The lowest BCUT2D eigenvalue weighted by molar-refractivity contribution is 0.0937. The highest BCUT2D eigenvalue weighted by atomic mass is 16.3. The third-order valence-corrected chi connectivity index (χ3v) is 4.60. The van der Waals surface area contributed by atoms with Gasteiger partial charge in [-0.05, 0) is 52.2 Å². The molecule has 0 aliphatic rings. The van der Waals surface area contributed by atoms with Crippen molar-refractivity contribution in [3.05, 3.63) is 64.0 Å². The second-order valence-electron chi connectivity index (χ2n) is 6.69. The van der Waals surface area contributed by atoms with Crippen molar-refractivity contribution in [2.45, 2.75) is 26.4 Å². The smallest absolute Gasteiger partial charge is 0.256 e. The maximum atomic E-state index is 12.8. The van der Waals surface area contributed by atoms with Crippen LogP contribution in [0.5, 0.6) is 0 Å². The van der Waals surface area contributed by atoms with Crippen molar-refractivity contribution in [3.63, 3.8) is 0 Å². The Bertz CT molecular complexity index is 1010. The van der Waals surface area contributed by atoms with Gasteiger partial charge in [0.2, 0.25) is 5.43 Å². The van der Waals surface area contributed by atoms with Crippen molar-refractivity contribution in [1.82, 2.24) is 19.8 Å². The fraction of sp³-hybridized carbons (Fsp3) is 0.350. The second-order valence-corrected chi connectivity index (χ2v) is 6.69. The number of likely N-dealkylation sites (N-methyl/N-ethyl adjacent to an activating group) is 1. The molecule has 0 saturated heterocycles. The molecular formula is C20H24N4O3. The maximum Gasteiger partial charge on any atom is 0.256 e. The molecule has 1 atom stereocenters. The summed E-state index contributed by atoms with van der Waals surface area (Å²) in [5.74, 6) is 0.354. The van der Waals surface area contributed by atoms with Crippen LogP contribution < -0.4 is 10.7 Å². The lowest BCUT2D eigenvalue weighted by atomic mass is 10.1. The standard InChI is InChI=1S/C20H24N4O3/c1-5-24-12-15(18(25)14-9-8-13(2)22-19(14)24)20(26)21-11-16(23(3)4)17-7-6-10-27-17/h6-10,12,16H,5,11H2,1-4H3,(H,21,26)/t16-/m1/s1. The first kappa shape index (κ1) is 18.8. The number of fused-ring (bicyclic) bond motifs is 1. The highest BCUT2D eigenvalue weighted by molar-refractivity contribution is 5.96. The number of amides is 1. The van der Waals surface area contributed by atoms with Gasteiger partial charge in [0.25, 0.3) is 5.91 Å². The van der Waals surface area contributed by atoms with Gasteiger partial charge in [-0.1, -0.05) is 0 Å². The van der Waals surface area contributed by atoms with Crippen LogP contribution in [0.25, 0.3) is 11.0 Å². The van der Waals surface area contributed by atoms with Gasteiger partial charge in [-0.25, -0.2) is 4.98 Å². The first-order chi connectivity index (χ1) is 12.9. The van der Waals surface area contributed by atoms with E-state index in [1.165, 1.54) is 0 Å². The van der Waals surface area contributed by atoms with Crippen molar-refractivity contribution in [1.29, 1.82) is 0 Å². The molecule has 3 aromatic rings. The Hall–Kier alpha value is -2.93. The summed E-state index contributed by atoms with van der Waals surface area (Å²) in [6.45, 7) is 4.77. The minimum atomic E-state index is -0.400. The van der Waals surface area contributed by atoms with Crippen LogP contribution in [0.15, 0.2) is 45.9 Å². The summed E-state index contributed by atoms with van der Waals surface area (Å²) >= 11 is 0. The van der Waals surface area contributed by atoms with E-state index in [0.717, 1.165) is 11.5 Å². The average molecular weight is 368 g/mol. The van der Waals surface area contributed by atoms with Crippen LogP contribution in [0.1, 0.15) is 34.8 Å². The number of nitrogens with zero attached hydrogens (tertiary/aromatic N) is 3. The zero-order valence-electron chi connectivity index (χ0n) is 16.0. The van der Waals surface area contributed by atoms with E-state index >= 15 is 0 Å². The number of aromatic nitrogens is 2. The average Bonchev–Trinajstić information content (AvgIpc) is 3.16. The van der Waals surface area contributed by atoms with E-state index in [4.69, 9.17) is 4.42 Å². The van der Waals surface area contributed by atoms with E-state index in [-0.39, 0.29) is 17.0 Å². The first-order valence-electron chi connectivity index (χ1n) is 8.91. The molecule has 0 radical (unpaired) electrons. The molecule has 0 unspecified atom stereocenters. The Kier molecular flexibility index (Phi) is 5.41. The van der Waals surface area contributed by atoms with Gasteiger partial charge in [0.1, 0.15) is 17.0 Å². The Morgan fingerprint density at radius 3 is 2.74 bits per heavy atom. The van der Waals surface area contributed by atoms with Gasteiger partial charge in [0, 0.05) is 25.0 Å². The number of furan rings is 1. The molecule has 7 nitrogen and oxygen atoms in total. The minimum Gasteiger partial charge on any atom is -0.468 e. The summed E-state index contributed by atoms with van der Waals surface area (Å²) in [5.41, 5.74) is 1.24. The Morgan fingerprint density at radius 1 is 1.33 bits per heavy atom. The number of carbonyl (C=O) groups excluding carboxylic acids is 1. The van der Waals surface area contributed by atoms with Crippen LogP contribution in [0.2, 0.25) is 0 Å². The highest BCUT2D eigenvalue weighted by Gasteiger charge is 2.20. The number of carbonyl (C=O) groups is 1. The largest absolute Gasteiger partial charge is 0.468 e. The fourth-order valence-corrected chi connectivity index (χ4v) is 3.07. The molecule has 0 aliphatic carbocycles. The van der Waals surface area contributed by atoms with Gasteiger partial charge in [0.05, 0.1) is 17.7 Å². The summed E-state index contributed by atoms with van der Waals surface area (Å²) in [4.78, 5) is 32.0. The van der Waals surface area contributed by atoms with Crippen molar-refractivity contribution in [2.75, 3.05) is 20.6 Å². The predicted molar refractivity (Wildman–Crippen MR) is 104 cm³/mol. The number of hydrogen-bond donors (Lipinski definition) is 1. The van der Waals surface area contributed by atoms with Crippen molar-refractivity contribution < 1.29 is 9.21 Å². The number of pyridine rings is 2. The Labute approximate surface area is 157 Å². The van der Waals surface area contributed by atoms with Crippen molar-refractivity contribution in [2.24, 2.45) is 0 Å². The zero-order chi connectivity index (χ0) is 19.6. The lowest BCUT2D eigenvalue weighted by Gasteiger charge is -2.22. The van der Waals surface area contributed by atoms with Gasteiger partial charge in [0.15, 0.2) is 0 Å². The first-order valence-corrected chi connectivity index (χ1v) is 8.91. The number of nitrogens with one attached hydrogen (secondary N) is 1. The van der Waals surface area contributed by atoms with E-state index in [2.05, 4.69) is 10.3 Å². The number of hydrogen-bond acceptors (Lipinski definition) is 5. The monoisotopic (exact) mass is 368 g/mol. The summed E-state index contributed by atoms with van der Waals surface area (Å²) < 4.78 is 7.28. The molecule has 1 amide bonds. The van der Waals surface area contributed by atoms with E-state index in [0.29, 0.717) is 24.1 Å². The summed E-state index contributed by atoms with van der Waals surface area (Å²) in [5, 5.41) is 3.31. The van der Waals surface area contributed by atoms with Crippen LogP contribution >= 0.6 is 0 Å². The van der Waals surface area contributed by atoms with E-state index in [1.54, 1.807) is 24.6 Å². The predicted octanol–water partition coefficient (Wildman–Crippen LogP) is 2.35. The van der Waals surface area contributed by atoms with Crippen LogP contribution in [0.3, 0.4) is 0 Å². The Balaban J connectivity index is 1.90. The molecule has 0 saturated carbocycles. The van der Waals surface area contributed by atoms with E-state index in [1.807, 2.05) is 49.5 Å². The molecule has 27 heavy (non-hydrogen) atoms. The van der Waals surface area contributed by atoms with Gasteiger partial charge >= 0.3 is 0 Å². The molecule has 142 valence electrons. The Morgan fingerprint density at radius 2 is 2.11 bits per heavy atom. The van der Waals surface area contributed by atoms with Gasteiger partial charge in [-0.2, -0.15) is 0 Å². The summed E-state index contributed by atoms with van der Waals surface area (Å²) in [6, 6.07) is 7.07. The zero-order valence-corrected chi connectivity index (χ0v) is 16.0. The van der Waals surface area contributed by atoms with Crippen LogP contribution in [0, 0.1) is 6.92 Å². The highest BCUT2D eigenvalue weighted by Crippen LogP contribution is 2.18. The molecule has 0 fully saturated rings. The van der Waals surface area contributed by atoms with Crippen molar-refractivity contribution >= 4 is 16.9 Å². The molecular weight excluding hydrogens is 344 g/mol. The second kappa shape index (κ2) is 7.75. The quantitative estimate of drug-likeness (QED) is 0.722.